The van der Waals surface area contributed by atoms with Gasteiger partial charge in [-0.05, 0) is 18.2 Å². The summed E-state index contributed by atoms with van der Waals surface area (Å²) >= 11 is 10.7. The first kappa shape index (κ1) is 15.2. The molecule has 1 aromatic rings. The van der Waals surface area contributed by atoms with E-state index < -0.39 is 9.84 Å². The van der Waals surface area contributed by atoms with Gasteiger partial charge in [0, 0.05) is 10.8 Å². The number of nitrogens with two attached hydrogens (primary N) is 1. The van der Waals surface area contributed by atoms with E-state index in [1.54, 1.807) is 25.1 Å². The predicted molar refractivity (Wildman–Crippen MR) is 77.2 cm³/mol. The Morgan fingerprint density at radius 2 is 2.17 bits per heavy atom. The summed E-state index contributed by atoms with van der Waals surface area (Å²) in [7, 11) is -3.05. The molecule has 0 heterocycles. The van der Waals surface area contributed by atoms with Crippen molar-refractivity contribution in [1.29, 1.82) is 0 Å². The molecule has 0 aliphatic carbocycles. The van der Waals surface area contributed by atoms with Crippen LogP contribution in [0.1, 0.15) is 12.5 Å². The van der Waals surface area contributed by atoms with Crippen LogP contribution in [0.3, 0.4) is 0 Å². The zero-order chi connectivity index (χ0) is 13.8. The Kier molecular flexibility index (Phi) is 5.37. The first-order valence-corrected chi connectivity index (χ1v) is 7.89. The molecule has 0 unspecified atom stereocenters. The second-order valence-corrected chi connectivity index (χ2v) is 6.94. The first-order valence-electron chi connectivity index (χ1n) is 5.28. The Hall–Kier alpha value is -0.850. The smallest absolute Gasteiger partial charge is 0.153 e. The molecule has 100 valence electrons. The van der Waals surface area contributed by atoms with E-state index in [-0.39, 0.29) is 23.1 Å². The highest BCUT2D eigenvalue weighted by molar-refractivity contribution is 7.91. The number of sulfone groups is 1. The van der Waals surface area contributed by atoms with Crippen LogP contribution in [-0.4, -0.2) is 31.5 Å². The zero-order valence-electron chi connectivity index (χ0n) is 9.85. The Morgan fingerprint density at radius 1 is 1.50 bits per heavy atom. The lowest BCUT2D eigenvalue weighted by molar-refractivity contribution is 0.340. The van der Waals surface area contributed by atoms with Gasteiger partial charge in [-0.15, -0.1) is 0 Å². The largest absolute Gasteiger partial charge is 0.492 e. The summed E-state index contributed by atoms with van der Waals surface area (Å²) in [6.45, 7) is 1.64. The molecule has 0 amide bonds. The highest BCUT2D eigenvalue weighted by atomic mass is 35.5. The molecule has 0 aromatic heterocycles. The molecule has 1 aromatic carbocycles. The molecule has 0 atom stereocenters. The lowest BCUT2D eigenvalue weighted by Crippen LogP contribution is -2.17. The van der Waals surface area contributed by atoms with Gasteiger partial charge in [-0.25, -0.2) is 8.42 Å². The monoisotopic (exact) mass is 307 g/mol. The fraction of sp³-hybridized carbons (Fsp3) is 0.364. The third kappa shape index (κ3) is 4.44. The van der Waals surface area contributed by atoms with E-state index in [1.165, 1.54) is 0 Å². The maximum atomic E-state index is 11.3. The molecule has 7 heteroatoms. The summed E-state index contributed by atoms with van der Waals surface area (Å²) in [6.07, 6.45) is 0. The Morgan fingerprint density at radius 3 is 2.72 bits per heavy atom. The highest BCUT2D eigenvalue weighted by Gasteiger charge is 2.11. The summed E-state index contributed by atoms with van der Waals surface area (Å²) in [5.74, 6) is 0.446. The van der Waals surface area contributed by atoms with Crippen molar-refractivity contribution in [3.63, 3.8) is 0 Å². The van der Waals surface area contributed by atoms with Gasteiger partial charge in [-0.1, -0.05) is 30.7 Å². The van der Waals surface area contributed by atoms with Crippen molar-refractivity contribution < 1.29 is 13.2 Å². The van der Waals surface area contributed by atoms with Crippen LogP contribution in [-0.2, 0) is 9.84 Å². The molecular weight excluding hydrogens is 294 g/mol. The fourth-order valence-corrected chi connectivity index (χ4v) is 2.20. The van der Waals surface area contributed by atoms with Gasteiger partial charge in [0.05, 0.1) is 11.3 Å². The fourth-order valence-electron chi connectivity index (χ4n) is 1.24. The van der Waals surface area contributed by atoms with Crippen molar-refractivity contribution in [1.82, 2.24) is 0 Å². The molecule has 0 aliphatic heterocycles. The van der Waals surface area contributed by atoms with Crippen molar-refractivity contribution in [2.45, 2.75) is 6.92 Å². The van der Waals surface area contributed by atoms with E-state index in [0.29, 0.717) is 16.3 Å². The number of hydrogen-bond donors (Lipinski definition) is 1. The van der Waals surface area contributed by atoms with Crippen molar-refractivity contribution in [2.24, 2.45) is 5.73 Å². The maximum absolute atomic E-state index is 11.3. The Balaban J connectivity index is 2.78. The molecule has 2 N–H and O–H groups in total. The quantitative estimate of drug-likeness (QED) is 0.811. The SMILES string of the molecule is CCS(=O)(=O)CCOc1cc(Cl)ccc1C(N)=S. The van der Waals surface area contributed by atoms with Gasteiger partial charge < -0.3 is 10.5 Å². The van der Waals surface area contributed by atoms with Crippen molar-refractivity contribution in [3.8, 4) is 5.75 Å². The van der Waals surface area contributed by atoms with Crippen LogP contribution < -0.4 is 10.5 Å². The molecule has 0 fully saturated rings. The molecule has 0 bridgehead atoms. The summed E-state index contributed by atoms with van der Waals surface area (Å²) in [5, 5.41) is 0.475. The zero-order valence-corrected chi connectivity index (χ0v) is 12.2. The highest BCUT2D eigenvalue weighted by Crippen LogP contribution is 2.23. The van der Waals surface area contributed by atoms with Gasteiger partial charge in [-0.2, -0.15) is 0 Å². The summed E-state index contributed by atoms with van der Waals surface area (Å²) < 4.78 is 28.0. The predicted octanol–water partition coefficient (Wildman–Crippen LogP) is 1.79. The molecular formula is C11H14ClNO3S2. The Bertz CT molecular complexity index is 543. The molecule has 0 spiro atoms. The second-order valence-electron chi connectivity index (χ2n) is 3.59. The number of rotatable bonds is 6. The van der Waals surface area contributed by atoms with Gasteiger partial charge in [-0.3, -0.25) is 0 Å². The molecule has 1 rings (SSSR count). The van der Waals surface area contributed by atoms with Crippen molar-refractivity contribution in [3.05, 3.63) is 28.8 Å². The van der Waals surface area contributed by atoms with Crippen molar-refractivity contribution >= 4 is 38.6 Å². The topological polar surface area (TPSA) is 69.4 Å². The number of hydrogen-bond acceptors (Lipinski definition) is 4. The lowest BCUT2D eigenvalue weighted by Gasteiger charge is -2.11. The van der Waals surface area contributed by atoms with E-state index >= 15 is 0 Å². The maximum Gasteiger partial charge on any atom is 0.153 e. The van der Waals surface area contributed by atoms with E-state index in [2.05, 4.69) is 0 Å². The van der Waals surface area contributed by atoms with E-state index in [9.17, 15) is 8.42 Å². The van der Waals surface area contributed by atoms with Gasteiger partial charge in [0.1, 0.15) is 17.3 Å². The third-order valence-electron chi connectivity index (χ3n) is 2.30. The van der Waals surface area contributed by atoms with E-state index in [0.717, 1.165) is 0 Å². The normalized spacial score (nSPS) is 11.2. The van der Waals surface area contributed by atoms with Gasteiger partial charge in [0.15, 0.2) is 9.84 Å². The standard InChI is InChI=1S/C11H14ClNO3S2/c1-2-18(14,15)6-5-16-10-7-8(12)3-4-9(10)11(13)17/h3-4,7H,2,5-6H2,1H3,(H2,13,17). The summed E-state index contributed by atoms with van der Waals surface area (Å²) in [4.78, 5) is 0.181. The molecule has 18 heavy (non-hydrogen) atoms. The van der Waals surface area contributed by atoms with Crippen LogP contribution in [0.2, 0.25) is 5.02 Å². The average molecular weight is 308 g/mol. The average Bonchev–Trinajstić information content (AvgIpc) is 2.28. The van der Waals surface area contributed by atoms with Crippen LogP contribution in [0.4, 0.5) is 0 Å². The van der Waals surface area contributed by atoms with Crippen LogP contribution in [0.15, 0.2) is 18.2 Å². The van der Waals surface area contributed by atoms with Crippen LogP contribution in [0, 0.1) is 0 Å². The number of ether oxygens (including phenoxy) is 1. The number of benzene rings is 1. The minimum atomic E-state index is -3.05. The van der Waals surface area contributed by atoms with E-state index in [4.69, 9.17) is 34.3 Å². The molecule has 0 radical (unpaired) electrons. The second kappa shape index (κ2) is 6.36. The Labute approximate surface area is 117 Å². The van der Waals surface area contributed by atoms with Gasteiger partial charge in [0.25, 0.3) is 0 Å². The van der Waals surface area contributed by atoms with Crippen LogP contribution >= 0.6 is 23.8 Å². The van der Waals surface area contributed by atoms with E-state index in [1.807, 2.05) is 0 Å². The van der Waals surface area contributed by atoms with Gasteiger partial charge >= 0.3 is 0 Å². The van der Waals surface area contributed by atoms with Crippen LogP contribution in [0.5, 0.6) is 5.75 Å². The summed E-state index contributed by atoms with van der Waals surface area (Å²) in [5.41, 5.74) is 6.08. The van der Waals surface area contributed by atoms with Crippen molar-refractivity contribution in [2.75, 3.05) is 18.1 Å². The van der Waals surface area contributed by atoms with Gasteiger partial charge in [0.2, 0.25) is 0 Å². The molecule has 0 saturated heterocycles. The molecule has 0 saturated carbocycles. The van der Waals surface area contributed by atoms with Crippen LogP contribution in [0.25, 0.3) is 0 Å². The third-order valence-corrected chi connectivity index (χ3v) is 4.42. The lowest BCUT2D eigenvalue weighted by atomic mass is 10.2. The first-order chi connectivity index (χ1) is 8.35. The summed E-state index contributed by atoms with van der Waals surface area (Å²) in [6, 6.07) is 4.86. The molecule has 0 aliphatic rings. The number of halogens is 1. The molecule has 4 nitrogen and oxygen atoms in total. The minimum absolute atomic E-state index is 0.0477. The number of thiocarbonyl (C=S) groups is 1. The minimum Gasteiger partial charge on any atom is -0.492 e.